The van der Waals surface area contributed by atoms with Gasteiger partial charge in [-0.2, -0.15) is 0 Å². The van der Waals surface area contributed by atoms with Crippen molar-refractivity contribution >= 4 is 35.3 Å². The number of rotatable bonds is 10. The molecule has 1 unspecified atom stereocenters. The molecule has 1 aromatic carbocycles. The molecule has 0 aliphatic carbocycles. The maximum Gasteiger partial charge on any atom is 0.323 e. The van der Waals surface area contributed by atoms with Crippen molar-refractivity contribution in [2.75, 3.05) is 36.8 Å². The molecule has 1 aromatic rings. The predicted molar refractivity (Wildman–Crippen MR) is 120 cm³/mol. The van der Waals surface area contributed by atoms with Gasteiger partial charge in [0, 0.05) is 10.6 Å². The van der Waals surface area contributed by atoms with Crippen molar-refractivity contribution in [2.24, 2.45) is 0 Å². The third-order valence-corrected chi connectivity index (χ3v) is 6.94. The minimum absolute atomic E-state index is 0.351. The summed E-state index contributed by atoms with van der Waals surface area (Å²) >= 11 is 1.44. The first-order chi connectivity index (χ1) is 15.0. The minimum atomic E-state index is -1.11. The normalized spacial score (nSPS) is 20.7. The van der Waals surface area contributed by atoms with Crippen LogP contribution in [-0.4, -0.2) is 77.0 Å². The van der Waals surface area contributed by atoms with E-state index in [1.807, 2.05) is 12.1 Å². The second-order valence-corrected chi connectivity index (χ2v) is 9.17. The van der Waals surface area contributed by atoms with E-state index in [0.717, 1.165) is 37.4 Å². The van der Waals surface area contributed by atoms with Gasteiger partial charge in [-0.3, -0.25) is 24.6 Å². The molecule has 2 aliphatic rings. The Morgan fingerprint density at radius 1 is 1.13 bits per heavy atom. The van der Waals surface area contributed by atoms with Crippen LogP contribution in [0.2, 0.25) is 0 Å². The molecule has 170 valence electrons. The summed E-state index contributed by atoms with van der Waals surface area (Å²) in [5.41, 5.74) is 0.553. The van der Waals surface area contributed by atoms with Crippen LogP contribution in [0.15, 0.2) is 29.2 Å². The van der Waals surface area contributed by atoms with E-state index in [1.54, 1.807) is 12.1 Å². The Morgan fingerprint density at radius 3 is 2.58 bits per heavy atom. The fraction of sp³-hybridized carbons (Fsp3) is 0.591. The lowest BCUT2D eigenvalue weighted by Crippen LogP contribution is -2.53. The first-order valence-electron chi connectivity index (χ1n) is 10.9. The van der Waals surface area contributed by atoms with Gasteiger partial charge in [0.05, 0.1) is 11.7 Å². The Hall–Kier alpha value is -2.10. The molecule has 8 nitrogen and oxygen atoms in total. The van der Waals surface area contributed by atoms with Crippen molar-refractivity contribution < 1.29 is 24.6 Å². The minimum Gasteiger partial charge on any atom is -0.480 e. The van der Waals surface area contributed by atoms with Gasteiger partial charge in [-0.25, -0.2) is 0 Å². The van der Waals surface area contributed by atoms with Gasteiger partial charge >= 0.3 is 11.9 Å². The largest absolute Gasteiger partial charge is 0.480 e. The fourth-order valence-electron chi connectivity index (χ4n) is 4.16. The number of carboxylic acid groups (broad SMARTS) is 2. The summed E-state index contributed by atoms with van der Waals surface area (Å²) < 4.78 is 0. The number of thioether (sulfide) groups is 1. The zero-order valence-electron chi connectivity index (χ0n) is 17.7. The van der Waals surface area contributed by atoms with Crippen molar-refractivity contribution in [3.8, 4) is 0 Å². The number of piperidine rings is 1. The van der Waals surface area contributed by atoms with Crippen LogP contribution >= 0.6 is 11.8 Å². The van der Waals surface area contributed by atoms with Gasteiger partial charge in [0.2, 0.25) is 5.91 Å². The van der Waals surface area contributed by atoms with Gasteiger partial charge in [0.25, 0.3) is 0 Å². The lowest BCUT2D eigenvalue weighted by molar-refractivity contribution is -0.140. The van der Waals surface area contributed by atoms with Crippen molar-refractivity contribution in [2.45, 2.75) is 55.5 Å². The standard InChI is InChI=1S/C22H31N3O5S/c26-20(27)14-25-18-9-2-3-10-19(18)31-15-17(21(25)28)23-16(22(29)30)8-4-7-13-24-11-5-1-6-12-24/h2-3,9-10,16-17,23H,1,4-8,11-15H2,(H,26,27)(H,29,30)/t16-,17?/m1/s1. The summed E-state index contributed by atoms with van der Waals surface area (Å²) in [6.45, 7) is 2.76. The number of nitrogens with zero attached hydrogens (tertiary/aromatic N) is 2. The topological polar surface area (TPSA) is 110 Å². The average Bonchev–Trinajstić information content (AvgIpc) is 2.88. The van der Waals surface area contributed by atoms with Gasteiger partial charge in [-0.1, -0.05) is 25.0 Å². The quantitative estimate of drug-likeness (QED) is 0.467. The van der Waals surface area contributed by atoms with E-state index in [4.69, 9.17) is 0 Å². The first-order valence-corrected chi connectivity index (χ1v) is 11.9. The number of nitrogens with one attached hydrogen (secondary N) is 1. The number of aliphatic carboxylic acids is 2. The van der Waals surface area contributed by atoms with Crippen LogP contribution in [0.4, 0.5) is 5.69 Å². The van der Waals surface area contributed by atoms with Crippen molar-refractivity contribution in [3.05, 3.63) is 24.3 Å². The van der Waals surface area contributed by atoms with E-state index in [1.165, 1.54) is 35.9 Å². The number of benzene rings is 1. The SMILES string of the molecule is O=C(O)CN1C(=O)C(N[C@H](CCCCN2CCCCC2)C(=O)O)CSc2ccccc21. The van der Waals surface area contributed by atoms with Crippen LogP contribution in [0.1, 0.15) is 38.5 Å². The molecule has 0 spiro atoms. The number of carbonyl (C=O) groups excluding carboxylic acids is 1. The Morgan fingerprint density at radius 2 is 1.87 bits per heavy atom. The molecule has 2 heterocycles. The Labute approximate surface area is 187 Å². The summed E-state index contributed by atoms with van der Waals surface area (Å²) in [4.78, 5) is 40.8. The van der Waals surface area contributed by atoms with Gasteiger partial charge in [0.15, 0.2) is 0 Å². The zero-order valence-corrected chi connectivity index (χ0v) is 18.5. The van der Waals surface area contributed by atoms with Crippen LogP contribution < -0.4 is 10.2 Å². The third kappa shape index (κ3) is 6.69. The molecule has 3 rings (SSSR count). The number of hydrogen-bond acceptors (Lipinski definition) is 6. The average molecular weight is 450 g/mol. The van der Waals surface area contributed by atoms with Crippen LogP contribution in [0.5, 0.6) is 0 Å². The molecule has 3 N–H and O–H groups in total. The number of para-hydroxylation sites is 1. The highest BCUT2D eigenvalue weighted by atomic mass is 32.2. The Kier molecular flexibility index (Phi) is 8.74. The number of anilines is 1. The Bertz CT molecular complexity index is 784. The fourth-order valence-corrected chi connectivity index (χ4v) is 5.24. The molecule has 31 heavy (non-hydrogen) atoms. The third-order valence-electron chi connectivity index (χ3n) is 5.79. The number of unbranched alkanes of at least 4 members (excludes halogenated alkanes) is 1. The van der Waals surface area contributed by atoms with Gasteiger partial charge in [-0.15, -0.1) is 11.8 Å². The number of carboxylic acids is 2. The molecule has 2 atom stereocenters. The summed E-state index contributed by atoms with van der Waals surface area (Å²) in [5.74, 6) is -2.15. The van der Waals surface area contributed by atoms with E-state index in [9.17, 15) is 24.6 Å². The molecule has 1 saturated heterocycles. The highest BCUT2D eigenvalue weighted by Gasteiger charge is 2.34. The smallest absolute Gasteiger partial charge is 0.323 e. The number of hydrogen-bond donors (Lipinski definition) is 3. The van der Waals surface area contributed by atoms with E-state index >= 15 is 0 Å². The molecule has 1 amide bonds. The van der Waals surface area contributed by atoms with E-state index in [-0.39, 0.29) is 0 Å². The van der Waals surface area contributed by atoms with Crippen molar-refractivity contribution in [1.82, 2.24) is 10.2 Å². The van der Waals surface area contributed by atoms with E-state index in [2.05, 4.69) is 10.2 Å². The molecular formula is C22H31N3O5S. The van der Waals surface area contributed by atoms with Gasteiger partial charge in [-0.05, 0) is 57.5 Å². The number of fused-ring (bicyclic) bond motifs is 1. The molecule has 0 bridgehead atoms. The monoisotopic (exact) mass is 449 g/mol. The van der Waals surface area contributed by atoms with Crippen molar-refractivity contribution in [3.63, 3.8) is 0 Å². The highest BCUT2D eigenvalue weighted by Crippen LogP contribution is 2.34. The van der Waals surface area contributed by atoms with Crippen LogP contribution in [0, 0.1) is 0 Å². The summed E-state index contributed by atoms with van der Waals surface area (Å²) in [6, 6.07) is 5.56. The van der Waals surface area contributed by atoms with Crippen LogP contribution in [0.25, 0.3) is 0 Å². The predicted octanol–water partition coefficient (Wildman–Crippen LogP) is 2.28. The van der Waals surface area contributed by atoms with Crippen LogP contribution in [0.3, 0.4) is 0 Å². The summed E-state index contributed by atoms with van der Waals surface area (Å²) in [5, 5.41) is 22.0. The van der Waals surface area contributed by atoms with E-state index in [0.29, 0.717) is 17.9 Å². The molecule has 2 aliphatic heterocycles. The van der Waals surface area contributed by atoms with Crippen LogP contribution in [-0.2, 0) is 14.4 Å². The zero-order chi connectivity index (χ0) is 22.2. The first kappa shape index (κ1) is 23.6. The second-order valence-electron chi connectivity index (χ2n) is 8.11. The summed E-state index contributed by atoms with van der Waals surface area (Å²) in [7, 11) is 0. The molecule has 0 saturated carbocycles. The molecule has 1 fully saturated rings. The maximum absolute atomic E-state index is 13.1. The van der Waals surface area contributed by atoms with Gasteiger partial charge < -0.3 is 15.1 Å². The molecule has 9 heteroatoms. The number of carbonyl (C=O) groups is 3. The lowest BCUT2D eigenvalue weighted by atomic mass is 10.1. The van der Waals surface area contributed by atoms with Crippen molar-refractivity contribution in [1.29, 1.82) is 0 Å². The van der Waals surface area contributed by atoms with E-state index < -0.39 is 36.5 Å². The number of likely N-dealkylation sites (tertiary alicyclic amines) is 1. The number of amides is 1. The maximum atomic E-state index is 13.1. The highest BCUT2D eigenvalue weighted by molar-refractivity contribution is 7.99. The summed E-state index contributed by atoms with van der Waals surface area (Å²) in [6.07, 6.45) is 5.87. The lowest BCUT2D eigenvalue weighted by Gasteiger charge is -2.27. The second kappa shape index (κ2) is 11.5. The molecule has 0 radical (unpaired) electrons. The molecular weight excluding hydrogens is 418 g/mol. The van der Waals surface area contributed by atoms with Gasteiger partial charge in [0.1, 0.15) is 12.6 Å². The molecule has 0 aromatic heterocycles. The Balaban J connectivity index is 1.60.